The van der Waals surface area contributed by atoms with Crippen molar-refractivity contribution in [3.05, 3.63) is 96.6 Å². The highest BCUT2D eigenvalue weighted by molar-refractivity contribution is 5.94. The second kappa shape index (κ2) is 11.3. The van der Waals surface area contributed by atoms with Gasteiger partial charge in [0.2, 0.25) is 0 Å². The van der Waals surface area contributed by atoms with Gasteiger partial charge in [0.25, 0.3) is 5.91 Å². The zero-order valence-electron chi connectivity index (χ0n) is 18.2. The lowest BCUT2D eigenvalue weighted by atomic mass is 10.0. The molecule has 5 heteroatoms. The summed E-state index contributed by atoms with van der Waals surface area (Å²) in [6, 6.07) is 29.5. The topological polar surface area (TPSA) is 50.8 Å². The molecule has 5 nitrogen and oxygen atoms in total. The van der Waals surface area contributed by atoms with Crippen LogP contribution in [-0.2, 0) is 0 Å². The third-order valence-electron chi connectivity index (χ3n) is 5.79. The Bertz CT molecular complexity index is 899. The molecule has 4 rings (SSSR count). The number of benzene rings is 3. The number of likely N-dealkylation sites (tertiary alicyclic amines) is 1. The van der Waals surface area contributed by atoms with Crippen molar-refractivity contribution >= 4 is 5.91 Å². The normalized spacial score (nSPS) is 14.8. The molecule has 0 atom stereocenters. The Morgan fingerprint density at radius 1 is 0.781 bits per heavy atom. The lowest BCUT2D eigenvalue weighted by Crippen LogP contribution is -2.51. The van der Waals surface area contributed by atoms with Gasteiger partial charge < -0.3 is 14.8 Å². The maximum absolute atomic E-state index is 12.5. The van der Waals surface area contributed by atoms with Gasteiger partial charge in [-0.1, -0.05) is 54.6 Å². The fourth-order valence-corrected chi connectivity index (χ4v) is 3.94. The number of para-hydroxylation sites is 2. The van der Waals surface area contributed by atoms with E-state index in [-0.39, 0.29) is 18.0 Å². The van der Waals surface area contributed by atoms with Crippen LogP contribution in [0.4, 0.5) is 0 Å². The van der Waals surface area contributed by atoms with Crippen LogP contribution in [0.5, 0.6) is 11.5 Å². The van der Waals surface area contributed by atoms with Crippen LogP contribution in [0.3, 0.4) is 0 Å². The minimum Gasteiger partial charge on any atom is -0.492 e. The molecule has 0 saturated carbocycles. The summed E-state index contributed by atoms with van der Waals surface area (Å²) in [5, 5.41) is 3.18. The van der Waals surface area contributed by atoms with Crippen LogP contribution in [0.25, 0.3) is 0 Å². The summed E-state index contributed by atoms with van der Waals surface area (Å²) in [6.07, 6.45) is 1.82. The van der Waals surface area contributed by atoms with Gasteiger partial charge in [-0.25, -0.2) is 0 Å². The second-order valence-corrected chi connectivity index (χ2v) is 8.05. The number of hydrogen-bond donors (Lipinski definition) is 1. The van der Waals surface area contributed by atoms with Crippen LogP contribution in [0, 0.1) is 0 Å². The summed E-state index contributed by atoms with van der Waals surface area (Å²) in [7, 11) is 0. The maximum Gasteiger partial charge on any atom is 0.251 e. The number of rotatable bonds is 9. The summed E-state index contributed by atoms with van der Waals surface area (Å²) >= 11 is 0. The third-order valence-corrected chi connectivity index (χ3v) is 5.79. The minimum absolute atomic E-state index is 0.000391. The van der Waals surface area contributed by atoms with E-state index in [1.54, 1.807) is 0 Å². The summed E-state index contributed by atoms with van der Waals surface area (Å²) < 4.78 is 12.1. The van der Waals surface area contributed by atoms with Gasteiger partial charge in [0.15, 0.2) is 0 Å². The van der Waals surface area contributed by atoms with Crippen molar-refractivity contribution < 1.29 is 14.3 Å². The number of piperidine rings is 1. The van der Waals surface area contributed by atoms with Crippen molar-refractivity contribution in [2.45, 2.75) is 24.9 Å². The van der Waals surface area contributed by atoms with E-state index in [9.17, 15) is 4.79 Å². The average molecular weight is 431 g/mol. The molecule has 0 aliphatic carbocycles. The molecule has 1 N–H and O–H groups in total. The first kappa shape index (κ1) is 21.9. The van der Waals surface area contributed by atoms with Gasteiger partial charge in [0.05, 0.1) is 6.04 Å². The van der Waals surface area contributed by atoms with E-state index in [1.165, 1.54) is 0 Å². The fourth-order valence-electron chi connectivity index (χ4n) is 3.94. The molecule has 3 aromatic rings. The van der Waals surface area contributed by atoms with Crippen LogP contribution >= 0.6 is 0 Å². The molecule has 0 spiro atoms. The number of nitrogens with one attached hydrogen (secondary N) is 1. The van der Waals surface area contributed by atoms with E-state index in [2.05, 4.69) is 10.2 Å². The first-order valence-electron chi connectivity index (χ1n) is 11.2. The maximum atomic E-state index is 12.5. The number of ether oxygens (including phenoxy) is 2. The molecule has 1 aliphatic rings. The second-order valence-electron chi connectivity index (χ2n) is 8.05. The van der Waals surface area contributed by atoms with E-state index >= 15 is 0 Å². The Kier molecular flexibility index (Phi) is 7.77. The minimum atomic E-state index is 0.000391. The molecule has 1 saturated heterocycles. The van der Waals surface area contributed by atoms with Gasteiger partial charge in [-0.05, 0) is 49.2 Å². The number of carbonyl (C=O) groups excluding carboxylic acids is 1. The highest BCUT2D eigenvalue weighted by Crippen LogP contribution is 2.18. The molecular formula is C27H30N2O3. The summed E-state index contributed by atoms with van der Waals surface area (Å²) in [5.74, 6) is 1.73. The van der Waals surface area contributed by atoms with E-state index in [0.29, 0.717) is 18.8 Å². The Hall–Kier alpha value is -3.31. The van der Waals surface area contributed by atoms with E-state index in [0.717, 1.165) is 37.4 Å². The van der Waals surface area contributed by atoms with Crippen molar-refractivity contribution in [2.24, 2.45) is 0 Å². The van der Waals surface area contributed by atoms with Gasteiger partial charge in [0.1, 0.15) is 24.7 Å². The van der Waals surface area contributed by atoms with E-state index in [4.69, 9.17) is 9.47 Å². The van der Waals surface area contributed by atoms with Crippen LogP contribution in [0.2, 0.25) is 0 Å². The molecule has 1 aliphatic heterocycles. The van der Waals surface area contributed by atoms with Crippen LogP contribution in [0.15, 0.2) is 91.0 Å². The van der Waals surface area contributed by atoms with Gasteiger partial charge in [-0.15, -0.1) is 0 Å². The zero-order valence-corrected chi connectivity index (χ0v) is 18.2. The van der Waals surface area contributed by atoms with Crippen molar-refractivity contribution in [3.63, 3.8) is 0 Å². The van der Waals surface area contributed by atoms with Crippen molar-refractivity contribution in [3.8, 4) is 11.5 Å². The highest BCUT2D eigenvalue weighted by Gasteiger charge is 2.27. The highest BCUT2D eigenvalue weighted by atomic mass is 16.5. The SMILES string of the molecule is O=C(NC1CCN(C(COc2ccccc2)COc2ccccc2)CC1)c1ccccc1. The predicted molar refractivity (Wildman–Crippen MR) is 126 cm³/mol. The molecule has 1 fully saturated rings. The van der Waals surface area contributed by atoms with Gasteiger partial charge in [0, 0.05) is 24.7 Å². The molecule has 0 aromatic heterocycles. The monoisotopic (exact) mass is 430 g/mol. The summed E-state index contributed by atoms with van der Waals surface area (Å²) in [6.45, 7) is 2.89. The van der Waals surface area contributed by atoms with Crippen molar-refractivity contribution in [1.29, 1.82) is 0 Å². The first-order chi connectivity index (χ1) is 15.8. The van der Waals surface area contributed by atoms with Crippen LogP contribution in [-0.4, -0.2) is 49.2 Å². The lowest BCUT2D eigenvalue weighted by molar-refractivity contribution is 0.0651. The van der Waals surface area contributed by atoms with Crippen molar-refractivity contribution in [1.82, 2.24) is 10.2 Å². The Morgan fingerprint density at radius 2 is 1.25 bits per heavy atom. The Balaban J connectivity index is 1.32. The Morgan fingerprint density at radius 3 is 1.75 bits per heavy atom. The molecular weight excluding hydrogens is 400 g/mol. The van der Waals surface area contributed by atoms with Gasteiger partial charge >= 0.3 is 0 Å². The van der Waals surface area contributed by atoms with Crippen LogP contribution < -0.4 is 14.8 Å². The van der Waals surface area contributed by atoms with Gasteiger partial charge in [-0.3, -0.25) is 9.69 Å². The quantitative estimate of drug-likeness (QED) is 0.546. The smallest absolute Gasteiger partial charge is 0.251 e. The van der Waals surface area contributed by atoms with Crippen molar-refractivity contribution in [2.75, 3.05) is 26.3 Å². The Labute approximate surface area is 190 Å². The molecule has 1 amide bonds. The summed E-state index contributed by atoms with van der Waals surface area (Å²) in [5.41, 5.74) is 0.709. The third kappa shape index (κ3) is 6.34. The number of carbonyl (C=O) groups is 1. The molecule has 1 heterocycles. The summed E-state index contributed by atoms with van der Waals surface area (Å²) in [4.78, 5) is 14.9. The molecule has 0 unspecified atom stereocenters. The molecule has 0 bridgehead atoms. The lowest BCUT2D eigenvalue weighted by Gasteiger charge is -2.37. The van der Waals surface area contributed by atoms with E-state index in [1.807, 2.05) is 91.0 Å². The largest absolute Gasteiger partial charge is 0.492 e. The van der Waals surface area contributed by atoms with Gasteiger partial charge in [-0.2, -0.15) is 0 Å². The standard InChI is InChI=1S/C27H30N2O3/c30-27(22-10-4-1-5-11-22)28-23-16-18-29(19-17-23)24(20-31-25-12-6-2-7-13-25)21-32-26-14-8-3-9-15-26/h1-15,23-24H,16-21H2,(H,28,30). The number of amides is 1. The van der Waals surface area contributed by atoms with Crippen LogP contribution in [0.1, 0.15) is 23.2 Å². The average Bonchev–Trinajstić information content (AvgIpc) is 2.86. The first-order valence-corrected chi connectivity index (χ1v) is 11.2. The fraction of sp³-hybridized carbons (Fsp3) is 0.296. The molecule has 32 heavy (non-hydrogen) atoms. The van der Waals surface area contributed by atoms with E-state index < -0.39 is 0 Å². The predicted octanol–water partition coefficient (Wildman–Crippen LogP) is 4.41. The zero-order chi connectivity index (χ0) is 22.0. The molecule has 166 valence electrons. The molecule has 0 radical (unpaired) electrons. The number of hydrogen-bond acceptors (Lipinski definition) is 4. The number of nitrogens with zero attached hydrogens (tertiary/aromatic N) is 1. The molecule has 3 aromatic carbocycles.